The van der Waals surface area contributed by atoms with E-state index in [9.17, 15) is 9.90 Å². The molecule has 0 bridgehead atoms. The van der Waals surface area contributed by atoms with E-state index < -0.39 is 12.1 Å². The van der Waals surface area contributed by atoms with Crippen LogP contribution in [0.25, 0.3) is 0 Å². The van der Waals surface area contributed by atoms with Crippen molar-refractivity contribution >= 4 is 17.6 Å². The van der Waals surface area contributed by atoms with Gasteiger partial charge in [-0.05, 0) is 43.5 Å². The summed E-state index contributed by atoms with van der Waals surface area (Å²) < 4.78 is 5.30. The lowest BCUT2D eigenvalue weighted by Crippen LogP contribution is -2.34. The summed E-state index contributed by atoms with van der Waals surface area (Å²) >= 11 is 5.74. The van der Waals surface area contributed by atoms with Gasteiger partial charge in [-0.2, -0.15) is 0 Å². The first-order valence-electron chi connectivity index (χ1n) is 5.81. The number of hydrogen-bond donors (Lipinski definition) is 1. The summed E-state index contributed by atoms with van der Waals surface area (Å²) in [7, 11) is 0. The fourth-order valence-electron chi connectivity index (χ4n) is 2.01. The molecule has 0 amide bonds. The molecule has 2 rings (SSSR count). The van der Waals surface area contributed by atoms with Crippen LogP contribution in [-0.2, 0) is 4.74 Å². The smallest absolute Gasteiger partial charge is 0.338 e. The minimum atomic E-state index is -0.528. The summed E-state index contributed by atoms with van der Waals surface area (Å²) in [4.78, 5) is 11.8. The van der Waals surface area contributed by atoms with Crippen molar-refractivity contribution in [3.05, 3.63) is 34.9 Å². The second-order valence-corrected chi connectivity index (χ2v) is 4.74. The number of aliphatic hydroxyl groups is 1. The number of esters is 1. The van der Waals surface area contributed by atoms with Crippen molar-refractivity contribution in [2.24, 2.45) is 0 Å². The molecule has 0 spiro atoms. The van der Waals surface area contributed by atoms with Crippen LogP contribution < -0.4 is 0 Å². The summed E-state index contributed by atoms with van der Waals surface area (Å²) in [6, 6.07) is 6.55. The summed E-state index contributed by atoms with van der Waals surface area (Å²) in [5, 5.41) is 10.3. The van der Waals surface area contributed by atoms with Crippen molar-refractivity contribution in [3.63, 3.8) is 0 Å². The van der Waals surface area contributed by atoms with Gasteiger partial charge in [-0.1, -0.05) is 18.0 Å². The predicted molar refractivity (Wildman–Crippen MR) is 65.1 cm³/mol. The largest absolute Gasteiger partial charge is 0.456 e. The SMILES string of the molecule is O=C(OC1CCCCC1O)c1ccc(Cl)cc1. The third-order valence-corrected chi connectivity index (χ3v) is 3.26. The fraction of sp³-hybridized carbons (Fsp3) is 0.462. The molecule has 17 heavy (non-hydrogen) atoms. The topological polar surface area (TPSA) is 46.5 Å². The van der Waals surface area contributed by atoms with E-state index in [0.29, 0.717) is 17.0 Å². The molecule has 0 aromatic heterocycles. The number of hydrogen-bond acceptors (Lipinski definition) is 3. The van der Waals surface area contributed by atoms with Crippen LogP contribution in [0.1, 0.15) is 36.0 Å². The highest BCUT2D eigenvalue weighted by Crippen LogP contribution is 2.22. The van der Waals surface area contributed by atoms with Gasteiger partial charge in [-0.3, -0.25) is 0 Å². The Bertz CT molecular complexity index is 388. The van der Waals surface area contributed by atoms with Crippen molar-refractivity contribution in [1.29, 1.82) is 0 Å². The predicted octanol–water partition coefficient (Wildman–Crippen LogP) is 2.80. The summed E-state index contributed by atoms with van der Waals surface area (Å²) in [5.41, 5.74) is 0.465. The number of carbonyl (C=O) groups is 1. The van der Waals surface area contributed by atoms with E-state index >= 15 is 0 Å². The molecule has 0 aliphatic heterocycles. The van der Waals surface area contributed by atoms with Gasteiger partial charge in [-0.25, -0.2) is 4.79 Å². The van der Waals surface area contributed by atoms with Gasteiger partial charge in [0.15, 0.2) is 0 Å². The Morgan fingerprint density at radius 3 is 2.53 bits per heavy atom. The molecule has 0 saturated heterocycles. The lowest BCUT2D eigenvalue weighted by molar-refractivity contribution is -0.0360. The van der Waals surface area contributed by atoms with Crippen LogP contribution in [0.3, 0.4) is 0 Å². The first-order chi connectivity index (χ1) is 8.16. The maximum Gasteiger partial charge on any atom is 0.338 e. The molecule has 1 aromatic carbocycles. The average Bonchev–Trinajstić information content (AvgIpc) is 2.33. The lowest BCUT2D eigenvalue weighted by Gasteiger charge is -2.27. The Morgan fingerprint density at radius 1 is 1.24 bits per heavy atom. The van der Waals surface area contributed by atoms with Crippen molar-refractivity contribution in [2.75, 3.05) is 0 Å². The number of benzene rings is 1. The molecule has 1 saturated carbocycles. The zero-order chi connectivity index (χ0) is 12.3. The molecular formula is C13H15ClO3. The number of aliphatic hydroxyl groups excluding tert-OH is 1. The highest BCUT2D eigenvalue weighted by molar-refractivity contribution is 6.30. The average molecular weight is 255 g/mol. The zero-order valence-corrected chi connectivity index (χ0v) is 10.2. The van der Waals surface area contributed by atoms with Crippen molar-refractivity contribution in [3.8, 4) is 0 Å². The third kappa shape index (κ3) is 3.20. The van der Waals surface area contributed by atoms with E-state index in [1.807, 2.05) is 0 Å². The molecule has 1 aliphatic carbocycles. The van der Waals surface area contributed by atoms with Crippen LogP contribution in [0, 0.1) is 0 Å². The Balaban J connectivity index is 1.98. The van der Waals surface area contributed by atoms with Gasteiger partial charge in [0, 0.05) is 5.02 Å². The molecule has 0 radical (unpaired) electrons. The number of halogens is 1. The van der Waals surface area contributed by atoms with E-state index in [-0.39, 0.29) is 6.10 Å². The van der Waals surface area contributed by atoms with Gasteiger partial charge in [0.2, 0.25) is 0 Å². The third-order valence-electron chi connectivity index (χ3n) is 3.01. The van der Waals surface area contributed by atoms with Gasteiger partial charge in [0.05, 0.1) is 11.7 Å². The van der Waals surface area contributed by atoms with Crippen LogP contribution in [0.2, 0.25) is 5.02 Å². The van der Waals surface area contributed by atoms with Crippen molar-refractivity contribution in [1.82, 2.24) is 0 Å². The number of rotatable bonds is 2. The molecule has 92 valence electrons. The first-order valence-corrected chi connectivity index (χ1v) is 6.19. The van der Waals surface area contributed by atoms with Crippen LogP contribution in [0.4, 0.5) is 0 Å². The summed E-state index contributed by atoms with van der Waals surface area (Å²) in [6.07, 6.45) is 2.54. The highest BCUT2D eigenvalue weighted by Gasteiger charge is 2.26. The van der Waals surface area contributed by atoms with Gasteiger partial charge >= 0.3 is 5.97 Å². The first kappa shape index (κ1) is 12.4. The Morgan fingerprint density at radius 2 is 1.88 bits per heavy atom. The standard InChI is InChI=1S/C13H15ClO3/c14-10-7-5-9(6-8-10)13(16)17-12-4-2-1-3-11(12)15/h5-8,11-12,15H,1-4H2. The van der Waals surface area contributed by atoms with Crippen LogP contribution in [-0.4, -0.2) is 23.3 Å². The second kappa shape index (κ2) is 5.52. The Labute approximate surface area is 105 Å². The maximum atomic E-state index is 11.8. The minimum absolute atomic E-state index is 0.369. The van der Waals surface area contributed by atoms with E-state index in [4.69, 9.17) is 16.3 Å². The number of ether oxygens (including phenoxy) is 1. The monoisotopic (exact) mass is 254 g/mol. The van der Waals surface area contributed by atoms with Crippen LogP contribution in [0.15, 0.2) is 24.3 Å². The van der Waals surface area contributed by atoms with Gasteiger partial charge in [0.1, 0.15) is 6.10 Å². The molecule has 2 atom stereocenters. The van der Waals surface area contributed by atoms with Gasteiger partial charge in [-0.15, -0.1) is 0 Å². The number of carbonyl (C=O) groups excluding carboxylic acids is 1. The Hall–Kier alpha value is -1.06. The van der Waals surface area contributed by atoms with Gasteiger partial charge < -0.3 is 9.84 Å². The molecule has 1 N–H and O–H groups in total. The quantitative estimate of drug-likeness (QED) is 0.826. The molecule has 0 heterocycles. The van der Waals surface area contributed by atoms with Crippen molar-refractivity contribution in [2.45, 2.75) is 37.9 Å². The lowest BCUT2D eigenvalue weighted by atomic mass is 9.95. The molecule has 1 aliphatic rings. The van der Waals surface area contributed by atoms with Crippen LogP contribution in [0.5, 0.6) is 0 Å². The van der Waals surface area contributed by atoms with E-state index in [1.54, 1.807) is 24.3 Å². The molecule has 2 unspecified atom stereocenters. The molecule has 3 nitrogen and oxygen atoms in total. The Kier molecular flexibility index (Phi) is 4.02. The normalized spacial score (nSPS) is 24.4. The van der Waals surface area contributed by atoms with Gasteiger partial charge in [0.25, 0.3) is 0 Å². The van der Waals surface area contributed by atoms with Crippen LogP contribution >= 0.6 is 11.6 Å². The van der Waals surface area contributed by atoms with E-state index in [0.717, 1.165) is 19.3 Å². The van der Waals surface area contributed by atoms with Crippen molar-refractivity contribution < 1.29 is 14.6 Å². The molecule has 1 fully saturated rings. The van der Waals surface area contributed by atoms with E-state index in [2.05, 4.69) is 0 Å². The molecular weight excluding hydrogens is 240 g/mol. The maximum absolute atomic E-state index is 11.8. The van der Waals surface area contributed by atoms with E-state index in [1.165, 1.54) is 0 Å². The summed E-state index contributed by atoms with van der Waals surface area (Å²) in [6.45, 7) is 0. The second-order valence-electron chi connectivity index (χ2n) is 4.30. The molecule has 1 aromatic rings. The molecule has 4 heteroatoms. The minimum Gasteiger partial charge on any atom is -0.456 e. The highest BCUT2D eigenvalue weighted by atomic mass is 35.5. The fourth-order valence-corrected chi connectivity index (χ4v) is 2.13. The zero-order valence-electron chi connectivity index (χ0n) is 9.43. The summed E-state index contributed by atoms with van der Waals surface area (Å²) in [5.74, 6) is -0.396.